The topological polar surface area (TPSA) is 72.6 Å². The first-order valence-electron chi connectivity index (χ1n) is 10.2. The molecule has 2 atom stereocenters. The highest BCUT2D eigenvalue weighted by molar-refractivity contribution is 5.93. The molecule has 0 saturated heterocycles. The van der Waals surface area contributed by atoms with Gasteiger partial charge >= 0.3 is 5.97 Å². The Balaban J connectivity index is 1.76. The van der Waals surface area contributed by atoms with E-state index in [2.05, 4.69) is 26.0 Å². The van der Waals surface area contributed by atoms with Gasteiger partial charge in [-0.2, -0.15) is 0 Å². The van der Waals surface area contributed by atoms with Gasteiger partial charge in [0.05, 0.1) is 11.6 Å². The lowest BCUT2D eigenvalue weighted by molar-refractivity contribution is -0.0174. The monoisotopic (exact) mass is 401 g/mol. The van der Waals surface area contributed by atoms with Gasteiger partial charge in [0.2, 0.25) is 0 Å². The average Bonchev–Trinajstić information content (AvgIpc) is 3.14. The summed E-state index contributed by atoms with van der Waals surface area (Å²) in [6.45, 7) is 4.49. The molecule has 1 heterocycles. The van der Waals surface area contributed by atoms with Crippen molar-refractivity contribution in [2.75, 3.05) is 0 Å². The molecule has 0 saturated carbocycles. The predicted molar refractivity (Wildman–Crippen MR) is 117 cm³/mol. The first-order valence-corrected chi connectivity index (χ1v) is 10.2. The Bertz CT molecular complexity index is 1050. The van der Waals surface area contributed by atoms with E-state index in [1.54, 1.807) is 6.07 Å². The lowest BCUT2D eigenvalue weighted by Gasteiger charge is -2.41. The number of aliphatic hydroxyl groups is 1. The molecule has 0 bridgehead atoms. The second-order valence-electron chi connectivity index (χ2n) is 8.69. The van der Waals surface area contributed by atoms with Crippen LogP contribution < -0.4 is 5.73 Å². The van der Waals surface area contributed by atoms with Crippen LogP contribution >= 0.6 is 0 Å². The van der Waals surface area contributed by atoms with Crippen LogP contribution in [0, 0.1) is 0 Å². The van der Waals surface area contributed by atoms with E-state index in [1.807, 2.05) is 60.7 Å². The number of cyclic esters (lactones) is 1. The van der Waals surface area contributed by atoms with Crippen molar-refractivity contribution in [3.05, 3.63) is 107 Å². The van der Waals surface area contributed by atoms with Gasteiger partial charge in [-0.25, -0.2) is 4.79 Å². The molecular weight excluding hydrogens is 374 g/mol. The van der Waals surface area contributed by atoms with Crippen molar-refractivity contribution in [2.45, 2.75) is 43.9 Å². The molecule has 0 amide bonds. The van der Waals surface area contributed by atoms with Crippen LogP contribution in [0.5, 0.6) is 0 Å². The summed E-state index contributed by atoms with van der Waals surface area (Å²) in [4.78, 5) is 11.8. The van der Waals surface area contributed by atoms with Gasteiger partial charge < -0.3 is 15.6 Å². The summed E-state index contributed by atoms with van der Waals surface area (Å²) in [6, 6.07) is 24.5. The maximum Gasteiger partial charge on any atom is 0.338 e. The Morgan fingerprint density at radius 3 is 2.20 bits per heavy atom. The van der Waals surface area contributed by atoms with Gasteiger partial charge in [0.15, 0.2) is 0 Å². The summed E-state index contributed by atoms with van der Waals surface area (Å²) < 4.78 is 5.12. The van der Waals surface area contributed by atoms with Gasteiger partial charge in [-0.3, -0.25) is 0 Å². The van der Waals surface area contributed by atoms with Crippen LogP contribution in [-0.2, 0) is 22.4 Å². The van der Waals surface area contributed by atoms with Crippen LogP contribution in [0.1, 0.15) is 58.9 Å². The van der Waals surface area contributed by atoms with Gasteiger partial charge in [-0.05, 0) is 40.7 Å². The zero-order valence-electron chi connectivity index (χ0n) is 17.3. The third kappa shape index (κ3) is 3.64. The van der Waals surface area contributed by atoms with Crippen LogP contribution in [0.2, 0.25) is 0 Å². The summed E-state index contributed by atoms with van der Waals surface area (Å²) in [5.74, 6) is -0.311. The maximum atomic E-state index is 12.1. The number of hydrogen-bond donors (Lipinski definition) is 2. The van der Waals surface area contributed by atoms with E-state index < -0.39 is 11.6 Å². The Morgan fingerprint density at radius 1 is 0.967 bits per heavy atom. The number of esters is 1. The minimum absolute atomic E-state index is 0.244. The molecule has 0 aliphatic carbocycles. The molecule has 3 aromatic carbocycles. The van der Waals surface area contributed by atoms with Crippen molar-refractivity contribution in [1.82, 2.24) is 0 Å². The molecule has 0 spiro atoms. The third-order valence-electron chi connectivity index (χ3n) is 6.12. The highest BCUT2D eigenvalue weighted by Gasteiger charge is 2.42. The predicted octanol–water partition coefficient (Wildman–Crippen LogP) is 4.61. The lowest BCUT2D eigenvalue weighted by atomic mass is 9.69. The van der Waals surface area contributed by atoms with E-state index in [4.69, 9.17) is 10.5 Å². The number of benzene rings is 3. The van der Waals surface area contributed by atoms with Gasteiger partial charge in [0, 0.05) is 5.56 Å². The molecule has 4 heteroatoms. The van der Waals surface area contributed by atoms with Crippen molar-refractivity contribution in [1.29, 1.82) is 0 Å². The van der Waals surface area contributed by atoms with E-state index in [0.717, 1.165) is 22.3 Å². The maximum absolute atomic E-state index is 12.1. The fraction of sp³-hybridized carbons (Fsp3) is 0.269. The minimum Gasteiger partial charge on any atom is -0.457 e. The standard InChI is InChI=1S/C26H27NO3/c1-25(2,20-9-5-3-6-10-20)17-26(29,21-11-7-4-8-12-21)23(27)18-13-14-22-19(15-18)16-30-24(22)28/h3-15,23,29H,16-17,27H2,1-2H3. The highest BCUT2D eigenvalue weighted by Crippen LogP contribution is 2.44. The molecular formula is C26H27NO3. The average molecular weight is 402 g/mol. The zero-order chi connectivity index (χ0) is 21.4. The second-order valence-corrected chi connectivity index (χ2v) is 8.69. The van der Waals surface area contributed by atoms with E-state index in [9.17, 15) is 9.90 Å². The van der Waals surface area contributed by atoms with Gasteiger partial charge in [0.25, 0.3) is 0 Å². The molecule has 0 radical (unpaired) electrons. The van der Waals surface area contributed by atoms with Crippen LogP contribution in [-0.4, -0.2) is 11.1 Å². The number of ether oxygens (including phenoxy) is 1. The molecule has 154 valence electrons. The number of carbonyl (C=O) groups is 1. The smallest absolute Gasteiger partial charge is 0.338 e. The summed E-state index contributed by atoms with van der Waals surface area (Å²) >= 11 is 0. The molecule has 3 aromatic rings. The second kappa shape index (κ2) is 7.71. The van der Waals surface area contributed by atoms with Crippen LogP contribution in [0.4, 0.5) is 0 Å². The number of hydrogen-bond acceptors (Lipinski definition) is 4. The van der Waals surface area contributed by atoms with E-state index in [1.165, 1.54) is 0 Å². The fourth-order valence-corrected chi connectivity index (χ4v) is 4.41. The molecule has 4 nitrogen and oxygen atoms in total. The zero-order valence-corrected chi connectivity index (χ0v) is 17.3. The Kier molecular flexibility index (Phi) is 5.22. The van der Waals surface area contributed by atoms with E-state index in [0.29, 0.717) is 12.0 Å². The van der Waals surface area contributed by atoms with E-state index >= 15 is 0 Å². The number of rotatable bonds is 6. The number of fused-ring (bicyclic) bond motifs is 1. The summed E-state index contributed by atoms with van der Waals surface area (Å²) in [6.07, 6.45) is 0.432. The molecule has 0 fully saturated rings. The molecule has 30 heavy (non-hydrogen) atoms. The quantitative estimate of drug-likeness (QED) is 0.592. The van der Waals surface area contributed by atoms with E-state index in [-0.39, 0.29) is 18.0 Å². The summed E-state index contributed by atoms with van der Waals surface area (Å²) in [5.41, 5.74) is 9.19. The summed E-state index contributed by atoms with van der Waals surface area (Å²) in [7, 11) is 0. The highest BCUT2D eigenvalue weighted by atomic mass is 16.5. The van der Waals surface area contributed by atoms with Gasteiger partial charge in [0.1, 0.15) is 12.2 Å². The summed E-state index contributed by atoms with van der Waals surface area (Å²) in [5, 5.41) is 12.1. The normalized spacial score (nSPS) is 16.5. The first-order chi connectivity index (χ1) is 14.3. The molecule has 0 aromatic heterocycles. The molecule has 3 N–H and O–H groups in total. The number of nitrogens with two attached hydrogens (primary N) is 1. The van der Waals surface area contributed by atoms with Crippen molar-refractivity contribution < 1.29 is 14.6 Å². The molecule has 4 rings (SSSR count). The minimum atomic E-state index is -1.31. The van der Waals surface area contributed by atoms with Gasteiger partial charge in [-0.1, -0.05) is 80.6 Å². The van der Waals surface area contributed by atoms with Crippen molar-refractivity contribution in [3.8, 4) is 0 Å². The molecule has 2 unspecified atom stereocenters. The Labute approximate surface area is 177 Å². The SMILES string of the molecule is CC(C)(CC(O)(c1ccccc1)C(N)c1ccc2c(c1)COC2=O)c1ccccc1. The van der Waals surface area contributed by atoms with Crippen molar-refractivity contribution in [2.24, 2.45) is 5.73 Å². The van der Waals surface area contributed by atoms with Crippen LogP contribution in [0.25, 0.3) is 0 Å². The van der Waals surface area contributed by atoms with Gasteiger partial charge in [-0.15, -0.1) is 0 Å². The first kappa shape index (κ1) is 20.3. The van der Waals surface area contributed by atoms with Crippen LogP contribution in [0.15, 0.2) is 78.9 Å². The third-order valence-corrected chi connectivity index (χ3v) is 6.12. The largest absolute Gasteiger partial charge is 0.457 e. The van der Waals surface area contributed by atoms with Crippen molar-refractivity contribution >= 4 is 5.97 Å². The number of carbonyl (C=O) groups excluding carboxylic acids is 1. The fourth-order valence-electron chi connectivity index (χ4n) is 4.41. The Morgan fingerprint density at radius 2 is 1.57 bits per heavy atom. The molecule has 1 aliphatic rings. The van der Waals surface area contributed by atoms with Crippen molar-refractivity contribution in [3.63, 3.8) is 0 Å². The Hall–Kier alpha value is -2.95. The molecule has 1 aliphatic heterocycles. The van der Waals surface area contributed by atoms with Crippen LogP contribution in [0.3, 0.4) is 0 Å². The lowest BCUT2D eigenvalue weighted by Crippen LogP contribution is -2.43.